The zero-order chi connectivity index (χ0) is 20.6. The molecular formula is C23H28ClN3O2. The van der Waals surface area contributed by atoms with E-state index in [4.69, 9.17) is 11.6 Å². The van der Waals surface area contributed by atoms with Gasteiger partial charge in [0.15, 0.2) is 0 Å². The van der Waals surface area contributed by atoms with E-state index >= 15 is 0 Å². The first-order chi connectivity index (χ1) is 14.0. The predicted octanol–water partition coefficient (Wildman–Crippen LogP) is 4.99. The van der Waals surface area contributed by atoms with Crippen LogP contribution in [0.4, 0.5) is 10.5 Å². The monoisotopic (exact) mass is 413 g/mol. The summed E-state index contributed by atoms with van der Waals surface area (Å²) in [6.45, 7) is 3.98. The highest BCUT2D eigenvalue weighted by Crippen LogP contribution is 2.22. The summed E-state index contributed by atoms with van der Waals surface area (Å²) in [7, 11) is 0. The molecule has 1 fully saturated rings. The maximum Gasteiger partial charge on any atom is 0.321 e. The number of benzene rings is 2. The minimum atomic E-state index is -0.0641. The van der Waals surface area contributed by atoms with Crippen molar-refractivity contribution in [3.8, 4) is 0 Å². The number of carbonyl (C=O) groups excluding carboxylic acids is 2. The van der Waals surface area contributed by atoms with E-state index in [1.54, 1.807) is 0 Å². The number of carbonyl (C=O) groups is 2. The van der Waals surface area contributed by atoms with Crippen molar-refractivity contribution in [3.63, 3.8) is 0 Å². The van der Waals surface area contributed by atoms with Crippen molar-refractivity contribution in [1.29, 1.82) is 0 Å². The van der Waals surface area contributed by atoms with Crippen molar-refractivity contribution < 1.29 is 9.59 Å². The van der Waals surface area contributed by atoms with E-state index in [1.165, 1.54) is 0 Å². The number of halogens is 1. The Hall–Kier alpha value is -2.53. The van der Waals surface area contributed by atoms with E-state index in [1.807, 2.05) is 60.4 Å². The van der Waals surface area contributed by atoms with Crippen LogP contribution in [0.2, 0.25) is 5.02 Å². The number of rotatable bonds is 6. The van der Waals surface area contributed by atoms with Gasteiger partial charge in [-0.15, -0.1) is 0 Å². The first-order valence-corrected chi connectivity index (χ1v) is 10.5. The molecule has 0 spiro atoms. The van der Waals surface area contributed by atoms with Crippen LogP contribution in [0.3, 0.4) is 0 Å². The number of likely N-dealkylation sites (tertiary alicyclic amines) is 1. The standard InChI is InChI=1S/C23H28ClN3O2/c1-17-4-11-21(12-5-17)26-23(29)27-14-2-3-19(16-27)8-13-22(28)25-15-18-6-9-20(24)10-7-18/h4-7,9-12,19H,2-3,8,13-16H2,1H3,(H,25,28)(H,26,29)/t19-/m1/s1. The highest BCUT2D eigenvalue weighted by atomic mass is 35.5. The normalized spacial score (nSPS) is 16.3. The molecule has 154 valence electrons. The third-order valence-electron chi connectivity index (χ3n) is 5.29. The Labute approximate surface area is 177 Å². The molecule has 1 heterocycles. The molecule has 0 aromatic heterocycles. The van der Waals surface area contributed by atoms with E-state index in [2.05, 4.69) is 10.6 Å². The van der Waals surface area contributed by atoms with Gasteiger partial charge in [0, 0.05) is 36.8 Å². The van der Waals surface area contributed by atoms with Gasteiger partial charge < -0.3 is 15.5 Å². The number of aryl methyl sites for hydroxylation is 1. The van der Waals surface area contributed by atoms with Crippen LogP contribution in [0.5, 0.6) is 0 Å². The third kappa shape index (κ3) is 6.79. The third-order valence-corrected chi connectivity index (χ3v) is 5.54. The Balaban J connectivity index is 1.40. The van der Waals surface area contributed by atoms with Crippen molar-refractivity contribution in [2.45, 2.75) is 39.2 Å². The summed E-state index contributed by atoms with van der Waals surface area (Å²) in [5, 5.41) is 6.61. The van der Waals surface area contributed by atoms with E-state index in [-0.39, 0.29) is 11.9 Å². The Morgan fingerprint density at radius 3 is 2.55 bits per heavy atom. The molecule has 2 aromatic rings. The van der Waals surface area contributed by atoms with Gasteiger partial charge >= 0.3 is 6.03 Å². The molecule has 0 saturated carbocycles. The summed E-state index contributed by atoms with van der Waals surface area (Å²) in [5.74, 6) is 0.398. The van der Waals surface area contributed by atoms with Crippen LogP contribution < -0.4 is 10.6 Å². The first kappa shape index (κ1) is 21.2. The predicted molar refractivity (Wildman–Crippen MR) is 117 cm³/mol. The first-order valence-electron chi connectivity index (χ1n) is 10.1. The quantitative estimate of drug-likeness (QED) is 0.700. The second kappa shape index (κ2) is 10.3. The van der Waals surface area contributed by atoms with Gasteiger partial charge in [-0.25, -0.2) is 4.79 Å². The minimum absolute atomic E-state index is 0.0428. The van der Waals surface area contributed by atoms with Crippen molar-refractivity contribution in [2.75, 3.05) is 18.4 Å². The van der Waals surface area contributed by atoms with Crippen LogP contribution in [0, 0.1) is 12.8 Å². The summed E-state index contributed by atoms with van der Waals surface area (Å²) in [6, 6.07) is 15.2. The molecule has 0 bridgehead atoms. The highest BCUT2D eigenvalue weighted by Gasteiger charge is 2.24. The lowest BCUT2D eigenvalue weighted by Gasteiger charge is -2.32. The van der Waals surface area contributed by atoms with E-state index in [9.17, 15) is 9.59 Å². The van der Waals surface area contributed by atoms with Gasteiger partial charge in [-0.2, -0.15) is 0 Å². The van der Waals surface area contributed by atoms with Crippen LogP contribution in [0.1, 0.15) is 36.8 Å². The fourth-order valence-corrected chi connectivity index (χ4v) is 3.68. The van der Waals surface area contributed by atoms with Crippen LogP contribution in [0.15, 0.2) is 48.5 Å². The lowest BCUT2D eigenvalue weighted by molar-refractivity contribution is -0.121. The summed E-state index contributed by atoms with van der Waals surface area (Å²) in [5.41, 5.74) is 3.00. The maximum absolute atomic E-state index is 12.5. The van der Waals surface area contributed by atoms with Gasteiger partial charge in [0.25, 0.3) is 0 Å². The van der Waals surface area contributed by atoms with Crippen molar-refractivity contribution in [3.05, 3.63) is 64.7 Å². The number of urea groups is 1. The molecule has 3 rings (SSSR count). The molecule has 6 heteroatoms. The zero-order valence-electron chi connectivity index (χ0n) is 16.8. The van der Waals surface area contributed by atoms with Crippen LogP contribution in [-0.2, 0) is 11.3 Å². The molecule has 2 N–H and O–H groups in total. The molecule has 2 aromatic carbocycles. The zero-order valence-corrected chi connectivity index (χ0v) is 17.5. The van der Waals surface area contributed by atoms with Crippen LogP contribution in [0.25, 0.3) is 0 Å². The lowest BCUT2D eigenvalue weighted by atomic mass is 9.93. The summed E-state index contributed by atoms with van der Waals surface area (Å²) >= 11 is 5.88. The second-order valence-electron chi connectivity index (χ2n) is 7.69. The largest absolute Gasteiger partial charge is 0.352 e. The molecule has 1 aliphatic rings. The Morgan fingerprint density at radius 2 is 1.83 bits per heavy atom. The van der Waals surface area contributed by atoms with Crippen LogP contribution >= 0.6 is 11.6 Å². The van der Waals surface area contributed by atoms with Gasteiger partial charge in [-0.05, 0) is 61.9 Å². The molecule has 1 aliphatic heterocycles. The fraction of sp³-hybridized carbons (Fsp3) is 0.391. The molecule has 5 nitrogen and oxygen atoms in total. The smallest absolute Gasteiger partial charge is 0.321 e. The Kier molecular flexibility index (Phi) is 7.53. The van der Waals surface area contributed by atoms with Gasteiger partial charge in [0.05, 0.1) is 0 Å². The number of anilines is 1. The second-order valence-corrected chi connectivity index (χ2v) is 8.13. The average Bonchev–Trinajstić information content (AvgIpc) is 2.73. The highest BCUT2D eigenvalue weighted by molar-refractivity contribution is 6.30. The van der Waals surface area contributed by atoms with Gasteiger partial charge in [0.1, 0.15) is 0 Å². The summed E-state index contributed by atoms with van der Waals surface area (Å²) < 4.78 is 0. The topological polar surface area (TPSA) is 61.4 Å². The molecule has 0 radical (unpaired) electrons. The van der Waals surface area contributed by atoms with Crippen molar-refractivity contribution >= 4 is 29.2 Å². The van der Waals surface area contributed by atoms with E-state index in [0.29, 0.717) is 30.5 Å². The van der Waals surface area contributed by atoms with E-state index < -0.39 is 0 Å². The Morgan fingerprint density at radius 1 is 1.10 bits per heavy atom. The van der Waals surface area contributed by atoms with Gasteiger partial charge in [-0.3, -0.25) is 4.79 Å². The van der Waals surface area contributed by atoms with Crippen molar-refractivity contribution in [2.24, 2.45) is 5.92 Å². The van der Waals surface area contributed by atoms with E-state index in [0.717, 1.165) is 42.6 Å². The molecule has 1 atom stereocenters. The maximum atomic E-state index is 12.5. The lowest BCUT2D eigenvalue weighted by Crippen LogP contribution is -2.42. The number of nitrogens with one attached hydrogen (secondary N) is 2. The molecule has 1 saturated heterocycles. The minimum Gasteiger partial charge on any atom is -0.352 e. The van der Waals surface area contributed by atoms with Gasteiger partial charge in [-0.1, -0.05) is 41.4 Å². The Bertz CT molecular complexity index is 821. The number of piperidine rings is 1. The number of hydrogen-bond acceptors (Lipinski definition) is 2. The molecule has 0 unspecified atom stereocenters. The number of nitrogens with zero attached hydrogens (tertiary/aromatic N) is 1. The number of hydrogen-bond donors (Lipinski definition) is 2. The average molecular weight is 414 g/mol. The molecular weight excluding hydrogens is 386 g/mol. The SMILES string of the molecule is Cc1ccc(NC(=O)N2CCC[C@H](CCC(=O)NCc3ccc(Cl)cc3)C2)cc1. The van der Waals surface area contributed by atoms with Gasteiger partial charge in [0.2, 0.25) is 5.91 Å². The summed E-state index contributed by atoms with van der Waals surface area (Å²) in [4.78, 5) is 26.6. The van der Waals surface area contributed by atoms with Crippen molar-refractivity contribution in [1.82, 2.24) is 10.2 Å². The molecule has 0 aliphatic carbocycles. The molecule has 29 heavy (non-hydrogen) atoms. The van der Waals surface area contributed by atoms with Crippen LogP contribution in [-0.4, -0.2) is 29.9 Å². The summed E-state index contributed by atoms with van der Waals surface area (Å²) in [6.07, 6.45) is 3.30. The molecule has 3 amide bonds. The fourth-order valence-electron chi connectivity index (χ4n) is 3.55. The number of amides is 3.